The quantitative estimate of drug-likeness (QED) is 0.847. The highest BCUT2D eigenvalue weighted by atomic mass is 35.5. The second-order valence-corrected chi connectivity index (χ2v) is 6.54. The van der Waals surface area contributed by atoms with Gasteiger partial charge in [-0.2, -0.15) is 0 Å². The summed E-state index contributed by atoms with van der Waals surface area (Å²) in [5.41, 5.74) is 0.945. The Labute approximate surface area is 125 Å². The van der Waals surface area contributed by atoms with Gasteiger partial charge in [0.1, 0.15) is 11.0 Å². The van der Waals surface area contributed by atoms with E-state index in [1.807, 2.05) is 6.92 Å². The van der Waals surface area contributed by atoms with Crippen molar-refractivity contribution in [1.29, 1.82) is 0 Å². The van der Waals surface area contributed by atoms with E-state index in [0.717, 1.165) is 37.1 Å². The van der Waals surface area contributed by atoms with Crippen molar-refractivity contribution in [3.05, 3.63) is 22.7 Å². The standard InChI is InChI=1S/C15H23ClN4/c1-11-8-14(16)19-15(18-11)10-20-6-4-13(5-7-20)17-9-12-2-3-12/h8,12-13,17H,2-7,9-10H2,1H3. The third-order valence-electron chi connectivity index (χ3n) is 4.21. The van der Waals surface area contributed by atoms with E-state index in [9.17, 15) is 0 Å². The number of aryl methyl sites for hydroxylation is 1. The van der Waals surface area contributed by atoms with Crippen LogP contribution in [0.4, 0.5) is 0 Å². The minimum absolute atomic E-state index is 0.550. The van der Waals surface area contributed by atoms with Crippen molar-refractivity contribution in [2.45, 2.75) is 45.2 Å². The number of nitrogens with zero attached hydrogens (tertiary/aromatic N) is 3. The van der Waals surface area contributed by atoms with Crippen LogP contribution >= 0.6 is 11.6 Å². The molecule has 1 saturated heterocycles. The molecule has 1 aliphatic carbocycles. The summed E-state index contributed by atoms with van der Waals surface area (Å²) in [6, 6.07) is 2.51. The first-order chi connectivity index (χ1) is 9.69. The second kappa shape index (κ2) is 6.37. The Bertz CT molecular complexity index is 433. The van der Waals surface area contributed by atoms with Crippen molar-refractivity contribution in [3.63, 3.8) is 0 Å². The molecule has 1 aliphatic heterocycles. The first kappa shape index (κ1) is 14.2. The van der Waals surface area contributed by atoms with Crippen molar-refractivity contribution in [1.82, 2.24) is 20.2 Å². The van der Waals surface area contributed by atoms with Crippen molar-refractivity contribution < 1.29 is 0 Å². The number of likely N-dealkylation sites (tertiary alicyclic amines) is 1. The van der Waals surface area contributed by atoms with Crippen LogP contribution in [0.3, 0.4) is 0 Å². The van der Waals surface area contributed by atoms with E-state index >= 15 is 0 Å². The summed E-state index contributed by atoms with van der Waals surface area (Å²) in [5.74, 6) is 1.82. The largest absolute Gasteiger partial charge is 0.314 e. The summed E-state index contributed by atoms with van der Waals surface area (Å²) in [7, 11) is 0. The molecule has 1 aromatic heterocycles. The molecule has 2 aliphatic rings. The number of rotatable bonds is 5. The van der Waals surface area contributed by atoms with E-state index in [4.69, 9.17) is 11.6 Å². The van der Waals surface area contributed by atoms with Crippen molar-refractivity contribution in [2.24, 2.45) is 5.92 Å². The molecule has 20 heavy (non-hydrogen) atoms. The third kappa shape index (κ3) is 4.14. The first-order valence-corrected chi connectivity index (χ1v) is 8.02. The smallest absolute Gasteiger partial charge is 0.144 e. The van der Waals surface area contributed by atoms with Gasteiger partial charge in [-0.3, -0.25) is 4.90 Å². The molecule has 0 radical (unpaired) electrons. The average Bonchev–Trinajstić information content (AvgIpc) is 3.21. The van der Waals surface area contributed by atoms with Crippen LogP contribution in [-0.4, -0.2) is 40.5 Å². The fourth-order valence-corrected chi connectivity index (χ4v) is 3.07. The molecule has 0 unspecified atom stereocenters. The summed E-state index contributed by atoms with van der Waals surface area (Å²) in [4.78, 5) is 11.2. The highest BCUT2D eigenvalue weighted by Crippen LogP contribution is 2.28. The number of nitrogens with one attached hydrogen (secondary N) is 1. The molecule has 0 spiro atoms. The van der Waals surface area contributed by atoms with Gasteiger partial charge in [0.15, 0.2) is 0 Å². The zero-order valence-corrected chi connectivity index (χ0v) is 12.9. The summed E-state index contributed by atoms with van der Waals surface area (Å²) < 4.78 is 0. The van der Waals surface area contributed by atoms with Gasteiger partial charge >= 0.3 is 0 Å². The predicted octanol–water partition coefficient (Wildman–Crippen LogP) is 2.40. The van der Waals surface area contributed by atoms with Gasteiger partial charge < -0.3 is 5.32 Å². The Morgan fingerprint density at radius 2 is 2.00 bits per heavy atom. The van der Waals surface area contributed by atoms with E-state index < -0.39 is 0 Å². The van der Waals surface area contributed by atoms with Crippen LogP contribution in [-0.2, 0) is 6.54 Å². The molecule has 2 heterocycles. The van der Waals surface area contributed by atoms with E-state index in [2.05, 4.69) is 20.2 Å². The Balaban J connectivity index is 1.45. The molecular formula is C15H23ClN4. The van der Waals surface area contributed by atoms with E-state index in [1.54, 1.807) is 6.07 Å². The predicted molar refractivity (Wildman–Crippen MR) is 80.8 cm³/mol. The number of hydrogen-bond acceptors (Lipinski definition) is 4. The van der Waals surface area contributed by atoms with Crippen LogP contribution in [0, 0.1) is 12.8 Å². The lowest BCUT2D eigenvalue weighted by molar-refractivity contribution is 0.186. The Morgan fingerprint density at radius 3 is 2.65 bits per heavy atom. The molecule has 4 nitrogen and oxygen atoms in total. The maximum atomic E-state index is 5.99. The molecule has 0 amide bonds. The van der Waals surface area contributed by atoms with Gasteiger partial charge in [-0.05, 0) is 51.1 Å². The fourth-order valence-electron chi connectivity index (χ4n) is 2.81. The first-order valence-electron chi connectivity index (χ1n) is 7.65. The lowest BCUT2D eigenvalue weighted by atomic mass is 10.0. The SMILES string of the molecule is Cc1cc(Cl)nc(CN2CCC(NCC3CC3)CC2)n1. The molecule has 5 heteroatoms. The molecule has 1 N–H and O–H groups in total. The Kier molecular flexibility index (Phi) is 4.54. The van der Waals surface area contributed by atoms with Gasteiger partial charge in [-0.15, -0.1) is 0 Å². The summed E-state index contributed by atoms with van der Waals surface area (Å²) >= 11 is 5.99. The lowest BCUT2D eigenvalue weighted by Crippen LogP contribution is -2.42. The molecule has 0 bridgehead atoms. The summed E-state index contributed by atoms with van der Waals surface area (Å²) in [6.45, 7) is 6.25. The van der Waals surface area contributed by atoms with Crippen LogP contribution in [0.15, 0.2) is 6.07 Å². The Morgan fingerprint density at radius 1 is 1.25 bits per heavy atom. The molecular weight excluding hydrogens is 272 g/mol. The maximum absolute atomic E-state index is 5.99. The summed E-state index contributed by atoms with van der Waals surface area (Å²) in [5, 5.41) is 4.26. The molecule has 1 saturated carbocycles. The monoisotopic (exact) mass is 294 g/mol. The zero-order chi connectivity index (χ0) is 13.9. The van der Waals surface area contributed by atoms with Gasteiger partial charge in [0.2, 0.25) is 0 Å². The number of piperidine rings is 1. The molecule has 110 valence electrons. The molecule has 1 aromatic rings. The van der Waals surface area contributed by atoms with Crippen LogP contribution in [0.1, 0.15) is 37.2 Å². The Hall–Kier alpha value is -0.710. The van der Waals surface area contributed by atoms with Crippen LogP contribution in [0.2, 0.25) is 5.15 Å². The van der Waals surface area contributed by atoms with Gasteiger partial charge in [-0.1, -0.05) is 11.6 Å². The number of hydrogen-bond donors (Lipinski definition) is 1. The lowest BCUT2D eigenvalue weighted by Gasteiger charge is -2.32. The van der Waals surface area contributed by atoms with Crippen molar-refractivity contribution in [3.8, 4) is 0 Å². The van der Waals surface area contributed by atoms with Crippen LogP contribution in [0.5, 0.6) is 0 Å². The number of aromatic nitrogens is 2. The van der Waals surface area contributed by atoms with E-state index in [0.29, 0.717) is 11.2 Å². The third-order valence-corrected chi connectivity index (χ3v) is 4.41. The number of halogens is 1. The van der Waals surface area contributed by atoms with E-state index in [1.165, 1.54) is 32.2 Å². The van der Waals surface area contributed by atoms with Gasteiger partial charge in [0.05, 0.1) is 6.54 Å². The van der Waals surface area contributed by atoms with Crippen LogP contribution in [0.25, 0.3) is 0 Å². The van der Waals surface area contributed by atoms with Gasteiger partial charge in [0, 0.05) is 24.8 Å². The zero-order valence-electron chi connectivity index (χ0n) is 12.1. The molecule has 2 fully saturated rings. The molecule has 0 aromatic carbocycles. The molecule has 3 rings (SSSR count). The fraction of sp³-hybridized carbons (Fsp3) is 0.733. The van der Waals surface area contributed by atoms with Crippen LogP contribution < -0.4 is 5.32 Å². The van der Waals surface area contributed by atoms with Gasteiger partial charge in [-0.25, -0.2) is 9.97 Å². The second-order valence-electron chi connectivity index (χ2n) is 6.15. The van der Waals surface area contributed by atoms with E-state index in [-0.39, 0.29) is 0 Å². The van der Waals surface area contributed by atoms with Gasteiger partial charge in [0.25, 0.3) is 0 Å². The highest BCUT2D eigenvalue weighted by Gasteiger charge is 2.24. The maximum Gasteiger partial charge on any atom is 0.144 e. The van der Waals surface area contributed by atoms with Crippen molar-refractivity contribution in [2.75, 3.05) is 19.6 Å². The minimum Gasteiger partial charge on any atom is -0.314 e. The topological polar surface area (TPSA) is 41.1 Å². The van der Waals surface area contributed by atoms with Crippen molar-refractivity contribution >= 4 is 11.6 Å². The minimum atomic E-state index is 0.550. The average molecular weight is 295 g/mol. The summed E-state index contributed by atoms with van der Waals surface area (Å²) in [6.07, 6.45) is 5.31. The normalized spacial score (nSPS) is 21.3. The molecule has 0 atom stereocenters. The highest BCUT2D eigenvalue weighted by molar-refractivity contribution is 6.29.